The van der Waals surface area contributed by atoms with Gasteiger partial charge >= 0.3 is 18.4 Å². The van der Waals surface area contributed by atoms with E-state index in [-0.39, 0.29) is 11.3 Å². The Morgan fingerprint density at radius 1 is 1.13 bits per heavy atom. The number of ether oxygens (including phenoxy) is 1. The van der Waals surface area contributed by atoms with Crippen molar-refractivity contribution in [2.24, 2.45) is 0 Å². The Morgan fingerprint density at radius 2 is 1.71 bits per heavy atom. The van der Waals surface area contributed by atoms with E-state index in [0.29, 0.717) is 18.2 Å². The number of hydrogen-bond donors (Lipinski definition) is 3. The lowest BCUT2D eigenvalue weighted by Gasteiger charge is -2.36. The molecule has 3 N–H and O–H groups in total. The van der Waals surface area contributed by atoms with Gasteiger partial charge in [0.15, 0.2) is 0 Å². The van der Waals surface area contributed by atoms with Gasteiger partial charge < -0.3 is 15.4 Å². The Morgan fingerprint density at radius 3 is 2.16 bits per heavy atom. The third kappa shape index (κ3) is 6.67. The van der Waals surface area contributed by atoms with Crippen LogP contribution in [0.15, 0.2) is 18.2 Å². The molecule has 0 spiro atoms. The number of alkyl carbamates (subject to hydrolysis) is 1. The minimum atomic E-state index is -5.84. The molecule has 0 radical (unpaired) electrons. The minimum absolute atomic E-state index is 0.0923. The summed E-state index contributed by atoms with van der Waals surface area (Å²) in [5.74, 6) is -3.45. The number of nitrogens with one attached hydrogen (secondary N) is 2. The van der Waals surface area contributed by atoms with E-state index in [0.717, 1.165) is 0 Å². The molecule has 3 amide bonds. The lowest BCUT2D eigenvalue weighted by molar-refractivity contribution is -0.140. The summed E-state index contributed by atoms with van der Waals surface area (Å²) in [5, 5.41) is 3.40. The van der Waals surface area contributed by atoms with Crippen LogP contribution < -0.4 is 15.5 Å². The number of carbonyl (C=O) groups excluding carboxylic acids is 3. The van der Waals surface area contributed by atoms with Crippen LogP contribution in [0.25, 0.3) is 0 Å². The number of alkyl halides is 6. The molecule has 1 aromatic carbocycles. The average Bonchev–Trinajstić information content (AvgIpc) is 3.08. The highest BCUT2D eigenvalue weighted by atomic mass is 32.2. The SMILES string of the molecule is CC[C@H](NC(=O)OC(C)(C)C)C(=O)N1c2ccc(C(F)(F)F)cc2C[C@]1(C(=O)NCC(F)(F)F)S(=O)(=O)O. The number of halogens is 6. The number of fused-ring (bicyclic) bond motifs is 1. The lowest BCUT2D eigenvalue weighted by Crippen LogP contribution is -2.67. The molecule has 0 fully saturated rings. The summed E-state index contributed by atoms with van der Waals surface area (Å²) in [6.07, 6.45) is -12.8. The first kappa shape index (κ1) is 31.1. The van der Waals surface area contributed by atoms with Gasteiger partial charge in [-0.2, -0.15) is 34.8 Å². The highest BCUT2D eigenvalue weighted by molar-refractivity contribution is 7.88. The van der Waals surface area contributed by atoms with Crippen molar-refractivity contribution in [2.45, 2.75) is 69.4 Å². The molecule has 0 bridgehead atoms. The summed E-state index contributed by atoms with van der Waals surface area (Å²) in [5.41, 5.74) is -3.55. The van der Waals surface area contributed by atoms with E-state index >= 15 is 0 Å². The van der Waals surface area contributed by atoms with Gasteiger partial charge in [0.05, 0.1) is 5.56 Å². The molecule has 38 heavy (non-hydrogen) atoms. The molecular weight excluding hydrogens is 552 g/mol. The van der Waals surface area contributed by atoms with Crippen molar-refractivity contribution >= 4 is 33.7 Å². The summed E-state index contributed by atoms with van der Waals surface area (Å²) >= 11 is 0. The Bertz CT molecular complexity index is 1210. The lowest BCUT2D eigenvalue weighted by atomic mass is 10.1. The summed E-state index contributed by atoms with van der Waals surface area (Å²) in [7, 11) is -5.84. The highest BCUT2D eigenvalue weighted by Gasteiger charge is 2.62. The number of benzene rings is 1. The summed E-state index contributed by atoms with van der Waals surface area (Å²) in [4.78, 5) is 35.3. The molecule has 1 aromatic rings. The smallest absolute Gasteiger partial charge is 0.416 e. The monoisotopic (exact) mass is 577 g/mol. The zero-order valence-corrected chi connectivity index (χ0v) is 21.3. The van der Waals surface area contributed by atoms with Crippen LogP contribution in [0.3, 0.4) is 0 Å². The summed E-state index contributed by atoms with van der Waals surface area (Å²) in [6.45, 7) is 3.71. The van der Waals surface area contributed by atoms with Crippen molar-refractivity contribution in [3.05, 3.63) is 29.3 Å². The molecule has 1 aliphatic rings. The van der Waals surface area contributed by atoms with Crippen molar-refractivity contribution in [1.82, 2.24) is 10.6 Å². The fourth-order valence-corrected chi connectivity index (χ4v) is 4.78. The maximum Gasteiger partial charge on any atom is 0.416 e. The van der Waals surface area contributed by atoms with Gasteiger partial charge in [0, 0.05) is 12.1 Å². The Kier molecular flexibility index (Phi) is 8.39. The van der Waals surface area contributed by atoms with Crippen LogP contribution in [-0.2, 0) is 37.0 Å². The molecule has 1 aliphatic heterocycles. The molecule has 214 valence electrons. The second-order valence-electron chi connectivity index (χ2n) is 9.36. The summed E-state index contributed by atoms with van der Waals surface area (Å²) < 4.78 is 119. The van der Waals surface area contributed by atoms with Crippen LogP contribution in [0.4, 0.5) is 36.8 Å². The third-order valence-corrected chi connectivity index (χ3v) is 6.65. The maximum atomic E-state index is 13.5. The van der Waals surface area contributed by atoms with E-state index in [1.807, 2.05) is 0 Å². The second kappa shape index (κ2) is 10.2. The van der Waals surface area contributed by atoms with Crippen molar-refractivity contribution < 1.29 is 58.4 Å². The fourth-order valence-electron chi connectivity index (χ4n) is 3.72. The van der Waals surface area contributed by atoms with Crippen LogP contribution in [0.1, 0.15) is 45.2 Å². The van der Waals surface area contributed by atoms with Gasteiger partial charge in [0.25, 0.3) is 26.8 Å². The number of carbonyl (C=O) groups is 3. The largest absolute Gasteiger partial charge is 0.444 e. The fraction of sp³-hybridized carbons (Fsp3) is 0.571. The van der Waals surface area contributed by atoms with Crippen molar-refractivity contribution in [3.63, 3.8) is 0 Å². The van der Waals surface area contributed by atoms with Gasteiger partial charge in [-0.25, -0.2) is 4.79 Å². The van der Waals surface area contributed by atoms with E-state index in [1.54, 1.807) is 0 Å². The van der Waals surface area contributed by atoms with Gasteiger partial charge in [-0.3, -0.25) is 19.0 Å². The molecule has 17 heteroatoms. The molecule has 2 atom stereocenters. The standard InChI is InChI=1S/C21H25F6N3O7S/c1-5-13(29-17(33)37-18(2,3)4)15(31)30-14-7-6-12(21(25,26)27)8-11(14)9-19(30,38(34,35)36)16(32)28-10-20(22,23)24/h6-8,13H,5,9-10H2,1-4H3,(H,28,32)(H,29,33)(H,34,35,36)/t13-,19+/m0/s1. The zero-order chi connectivity index (χ0) is 29.5. The number of nitrogens with zero attached hydrogens (tertiary/aromatic N) is 1. The van der Waals surface area contributed by atoms with Crippen molar-refractivity contribution in [2.75, 3.05) is 11.4 Å². The number of amides is 3. The van der Waals surface area contributed by atoms with Gasteiger partial charge in [-0.1, -0.05) is 6.92 Å². The van der Waals surface area contributed by atoms with Gasteiger partial charge in [-0.05, 0) is 51.0 Å². The Hall–Kier alpha value is -3.08. The van der Waals surface area contributed by atoms with Crippen LogP contribution in [-0.4, -0.2) is 60.1 Å². The first-order chi connectivity index (χ1) is 17.0. The quantitative estimate of drug-likeness (QED) is 0.348. The first-order valence-electron chi connectivity index (χ1n) is 10.9. The van der Waals surface area contributed by atoms with Crippen LogP contribution >= 0.6 is 0 Å². The minimum Gasteiger partial charge on any atom is -0.444 e. The Balaban J connectivity index is 2.71. The van der Waals surface area contributed by atoms with Crippen LogP contribution in [0, 0.1) is 0 Å². The zero-order valence-electron chi connectivity index (χ0n) is 20.5. The van der Waals surface area contributed by atoms with E-state index in [4.69, 9.17) is 4.74 Å². The normalized spacial score (nSPS) is 19.0. The molecule has 0 aromatic heterocycles. The number of anilines is 1. The van der Waals surface area contributed by atoms with Gasteiger partial charge in [0.1, 0.15) is 18.2 Å². The van der Waals surface area contributed by atoms with Gasteiger partial charge in [0.2, 0.25) is 0 Å². The van der Waals surface area contributed by atoms with Crippen LogP contribution in [0.5, 0.6) is 0 Å². The molecule has 0 saturated heterocycles. The second-order valence-corrected chi connectivity index (χ2v) is 11.0. The van der Waals surface area contributed by atoms with E-state index in [2.05, 4.69) is 5.32 Å². The Labute approximate surface area is 213 Å². The molecule has 0 unspecified atom stereocenters. The van der Waals surface area contributed by atoms with E-state index in [9.17, 15) is 53.7 Å². The van der Waals surface area contributed by atoms with E-state index in [1.165, 1.54) is 33.0 Å². The van der Waals surface area contributed by atoms with E-state index < -0.39 is 86.7 Å². The molecule has 0 saturated carbocycles. The molecule has 10 nitrogen and oxygen atoms in total. The predicted octanol–water partition coefficient (Wildman–Crippen LogP) is 3.16. The summed E-state index contributed by atoms with van der Waals surface area (Å²) in [6, 6.07) is -0.175. The molecule has 2 rings (SSSR count). The van der Waals surface area contributed by atoms with Gasteiger partial charge in [-0.15, -0.1) is 0 Å². The molecule has 0 aliphatic carbocycles. The molecular formula is C21H25F6N3O7S. The maximum absolute atomic E-state index is 13.5. The number of hydrogen-bond acceptors (Lipinski definition) is 6. The van der Waals surface area contributed by atoms with Crippen LogP contribution in [0.2, 0.25) is 0 Å². The van der Waals surface area contributed by atoms with Crippen molar-refractivity contribution in [1.29, 1.82) is 0 Å². The molecule has 1 heterocycles. The average molecular weight is 578 g/mol. The first-order valence-corrected chi connectivity index (χ1v) is 12.3. The third-order valence-electron chi connectivity index (χ3n) is 5.29. The van der Waals surface area contributed by atoms with Crippen molar-refractivity contribution in [3.8, 4) is 0 Å². The highest BCUT2D eigenvalue weighted by Crippen LogP contribution is 2.45. The number of rotatable bonds is 6. The topological polar surface area (TPSA) is 142 Å². The predicted molar refractivity (Wildman–Crippen MR) is 119 cm³/mol.